The van der Waals surface area contributed by atoms with E-state index >= 15 is 0 Å². The molecule has 0 saturated carbocycles. The molecule has 4 N–H and O–H groups in total. The summed E-state index contributed by atoms with van der Waals surface area (Å²) in [5.74, 6) is 0. The number of nitrogen functional groups attached to an aromatic ring is 2. The number of hydrogen-bond acceptors (Lipinski definition) is 4. The fourth-order valence-corrected chi connectivity index (χ4v) is 3.71. The Labute approximate surface area is 187 Å². The lowest BCUT2D eigenvalue weighted by Gasteiger charge is -2.16. The lowest BCUT2D eigenvalue weighted by Crippen LogP contribution is -2.01. The maximum atomic E-state index is 5.94. The Kier molecular flexibility index (Phi) is 5.10. The topological polar surface area (TPSA) is 77.8 Å². The van der Waals surface area contributed by atoms with Crippen LogP contribution in [0.3, 0.4) is 0 Å². The van der Waals surface area contributed by atoms with Crippen molar-refractivity contribution in [3.8, 4) is 45.0 Å². The SMILES string of the molecule is Nc1ccc(-c2nc(-c3ccccc3)c(-c3ccccc3)nc2-c2ccc(N)cc2)cc1. The molecule has 0 bridgehead atoms. The van der Waals surface area contributed by atoms with Gasteiger partial charge in [-0.3, -0.25) is 0 Å². The molecule has 4 aromatic carbocycles. The minimum Gasteiger partial charge on any atom is -0.399 e. The van der Waals surface area contributed by atoms with Crippen molar-refractivity contribution < 1.29 is 0 Å². The van der Waals surface area contributed by atoms with Crippen LogP contribution in [-0.4, -0.2) is 9.97 Å². The summed E-state index contributed by atoms with van der Waals surface area (Å²) in [4.78, 5) is 10.4. The van der Waals surface area contributed by atoms with E-state index in [-0.39, 0.29) is 0 Å². The molecule has 0 unspecified atom stereocenters. The Hall–Kier alpha value is -4.44. The highest BCUT2D eigenvalue weighted by Crippen LogP contribution is 2.37. The van der Waals surface area contributed by atoms with Gasteiger partial charge in [0.25, 0.3) is 0 Å². The van der Waals surface area contributed by atoms with Crippen LogP contribution in [0.15, 0.2) is 109 Å². The van der Waals surface area contributed by atoms with Crippen molar-refractivity contribution in [2.75, 3.05) is 11.5 Å². The summed E-state index contributed by atoms with van der Waals surface area (Å²) in [6, 6.07) is 35.8. The summed E-state index contributed by atoms with van der Waals surface area (Å²) in [6.07, 6.45) is 0. The summed E-state index contributed by atoms with van der Waals surface area (Å²) in [5.41, 5.74) is 20.5. The predicted molar refractivity (Wildman–Crippen MR) is 133 cm³/mol. The zero-order chi connectivity index (χ0) is 21.9. The summed E-state index contributed by atoms with van der Waals surface area (Å²) >= 11 is 0. The van der Waals surface area contributed by atoms with Crippen molar-refractivity contribution >= 4 is 11.4 Å². The molecule has 0 aliphatic rings. The van der Waals surface area contributed by atoms with Gasteiger partial charge in [-0.2, -0.15) is 0 Å². The van der Waals surface area contributed by atoms with Gasteiger partial charge in [-0.1, -0.05) is 84.9 Å². The molecular weight excluding hydrogens is 392 g/mol. The third kappa shape index (κ3) is 3.82. The molecule has 4 heteroatoms. The quantitative estimate of drug-likeness (QED) is 0.338. The number of anilines is 2. The van der Waals surface area contributed by atoms with Gasteiger partial charge >= 0.3 is 0 Å². The summed E-state index contributed by atoms with van der Waals surface area (Å²) in [5, 5.41) is 0. The Bertz CT molecular complexity index is 1240. The highest BCUT2D eigenvalue weighted by molar-refractivity contribution is 5.86. The first-order chi connectivity index (χ1) is 15.7. The number of hydrogen-bond donors (Lipinski definition) is 2. The highest BCUT2D eigenvalue weighted by atomic mass is 14.9. The maximum absolute atomic E-state index is 5.94. The monoisotopic (exact) mass is 414 g/mol. The second-order valence-electron chi connectivity index (χ2n) is 7.59. The van der Waals surface area contributed by atoms with Crippen LogP contribution in [0.2, 0.25) is 0 Å². The van der Waals surface area contributed by atoms with Gasteiger partial charge in [0, 0.05) is 33.6 Å². The summed E-state index contributed by atoms with van der Waals surface area (Å²) < 4.78 is 0. The van der Waals surface area contributed by atoms with E-state index in [9.17, 15) is 0 Å². The van der Waals surface area contributed by atoms with Crippen LogP contribution in [-0.2, 0) is 0 Å². The summed E-state index contributed by atoms with van der Waals surface area (Å²) in [7, 11) is 0. The number of nitrogens with two attached hydrogens (primary N) is 2. The van der Waals surface area contributed by atoms with Crippen molar-refractivity contribution in [3.63, 3.8) is 0 Å². The molecular formula is C28H22N4. The zero-order valence-corrected chi connectivity index (χ0v) is 17.4. The van der Waals surface area contributed by atoms with E-state index in [0.717, 1.165) is 45.0 Å². The molecule has 0 saturated heterocycles. The standard InChI is InChI=1S/C28H22N4/c29-23-15-11-21(12-16-23)27-28(22-13-17-24(30)18-14-22)32-26(20-9-5-2-6-10-20)25(31-27)19-7-3-1-4-8-19/h1-18H,29-30H2. The van der Waals surface area contributed by atoms with E-state index in [0.29, 0.717) is 11.4 Å². The molecule has 0 aliphatic carbocycles. The first-order valence-corrected chi connectivity index (χ1v) is 10.4. The molecule has 154 valence electrons. The van der Waals surface area contributed by atoms with Gasteiger partial charge in [0.05, 0.1) is 22.8 Å². The molecule has 5 rings (SSSR count). The van der Waals surface area contributed by atoms with Gasteiger partial charge in [0.2, 0.25) is 0 Å². The molecule has 0 aliphatic heterocycles. The van der Waals surface area contributed by atoms with E-state index < -0.39 is 0 Å². The minimum absolute atomic E-state index is 0.708. The number of rotatable bonds is 4. The molecule has 1 heterocycles. The van der Waals surface area contributed by atoms with E-state index in [4.69, 9.17) is 21.4 Å². The number of benzene rings is 4. The highest BCUT2D eigenvalue weighted by Gasteiger charge is 2.19. The van der Waals surface area contributed by atoms with Gasteiger partial charge in [0.1, 0.15) is 0 Å². The van der Waals surface area contributed by atoms with Crippen molar-refractivity contribution in [2.24, 2.45) is 0 Å². The molecule has 5 aromatic rings. The Morgan fingerprint density at radius 1 is 0.344 bits per heavy atom. The van der Waals surface area contributed by atoms with E-state index in [1.54, 1.807) is 0 Å². The van der Waals surface area contributed by atoms with Crippen molar-refractivity contribution in [3.05, 3.63) is 109 Å². The Morgan fingerprint density at radius 2 is 0.625 bits per heavy atom. The Morgan fingerprint density at radius 3 is 0.938 bits per heavy atom. The van der Waals surface area contributed by atoms with Gasteiger partial charge in [-0.05, 0) is 24.3 Å². The van der Waals surface area contributed by atoms with Crippen LogP contribution < -0.4 is 11.5 Å². The van der Waals surface area contributed by atoms with Gasteiger partial charge < -0.3 is 11.5 Å². The van der Waals surface area contributed by atoms with Crippen molar-refractivity contribution in [1.29, 1.82) is 0 Å². The molecule has 1 aromatic heterocycles. The van der Waals surface area contributed by atoms with Crippen LogP contribution in [0.5, 0.6) is 0 Å². The molecule has 0 amide bonds. The molecule has 0 atom stereocenters. The fraction of sp³-hybridized carbons (Fsp3) is 0. The second kappa shape index (κ2) is 8.36. The first-order valence-electron chi connectivity index (χ1n) is 10.4. The van der Waals surface area contributed by atoms with E-state index in [1.165, 1.54) is 0 Å². The van der Waals surface area contributed by atoms with Crippen LogP contribution in [0, 0.1) is 0 Å². The lowest BCUT2D eigenvalue weighted by molar-refractivity contribution is 1.21. The predicted octanol–water partition coefficient (Wildman–Crippen LogP) is 6.31. The normalized spacial score (nSPS) is 10.8. The average Bonchev–Trinajstić information content (AvgIpc) is 2.85. The van der Waals surface area contributed by atoms with E-state index in [2.05, 4.69) is 24.3 Å². The number of nitrogens with zero attached hydrogens (tertiary/aromatic N) is 2. The van der Waals surface area contributed by atoms with Crippen LogP contribution in [0.1, 0.15) is 0 Å². The zero-order valence-electron chi connectivity index (χ0n) is 17.4. The van der Waals surface area contributed by atoms with Gasteiger partial charge in [-0.25, -0.2) is 9.97 Å². The van der Waals surface area contributed by atoms with Crippen LogP contribution in [0.25, 0.3) is 45.0 Å². The molecule has 0 spiro atoms. The minimum atomic E-state index is 0.708. The summed E-state index contributed by atoms with van der Waals surface area (Å²) in [6.45, 7) is 0. The third-order valence-corrected chi connectivity index (χ3v) is 5.36. The van der Waals surface area contributed by atoms with Crippen molar-refractivity contribution in [2.45, 2.75) is 0 Å². The molecule has 4 nitrogen and oxygen atoms in total. The third-order valence-electron chi connectivity index (χ3n) is 5.36. The number of aromatic nitrogens is 2. The Balaban J connectivity index is 1.83. The van der Waals surface area contributed by atoms with Gasteiger partial charge in [-0.15, -0.1) is 0 Å². The second-order valence-corrected chi connectivity index (χ2v) is 7.59. The largest absolute Gasteiger partial charge is 0.399 e. The smallest absolute Gasteiger partial charge is 0.0973 e. The average molecular weight is 415 g/mol. The van der Waals surface area contributed by atoms with Crippen LogP contribution in [0.4, 0.5) is 11.4 Å². The lowest BCUT2D eigenvalue weighted by atomic mass is 9.99. The van der Waals surface area contributed by atoms with E-state index in [1.807, 2.05) is 84.9 Å². The fourth-order valence-electron chi connectivity index (χ4n) is 3.71. The van der Waals surface area contributed by atoms with Crippen LogP contribution >= 0.6 is 0 Å². The van der Waals surface area contributed by atoms with Crippen molar-refractivity contribution in [1.82, 2.24) is 9.97 Å². The molecule has 0 radical (unpaired) electrons. The van der Waals surface area contributed by atoms with Gasteiger partial charge in [0.15, 0.2) is 0 Å². The maximum Gasteiger partial charge on any atom is 0.0973 e. The molecule has 32 heavy (non-hydrogen) atoms. The first kappa shape index (κ1) is 19.5. The molecule has 0 fully saturated rings.